The fourth-order valence-corrected chi connectivity index (χ4v) is 5.42. The van der Waals surface area contributed by atoms with Gasteiger partial charge in [0.1, 0.15) is 12.7 Å². The number of hydrogen-bond donors (Lipinski definition) is 0. The third kappa shape index (κ3) is 8.03. The zero-order valence-corrected chi connectivity index (χ0v) is 20.4. The molecule has 1 aromatic rings. The van der Waals surface area contributed by atoms with Crippen LogP contribution in [-0.2, 0) is 19.1 Å². The lowest BCUT2D eigenvalue weighted by Crippen LogP contribution is -2.23. The summed E-state index contributed by atoms with van der Waals surface area (Å²) in [6, 6.07) is 6.81. The van der Waals surface area contributed by atoms with E-state index in [1.165, 1.54) is 48.8 Å². The summed E-state index contributed by atoms with van der Waals surface area (Å²) in [6.07, 6.45) is 11.9. The van der Waals surface area contributed by atoms with E-state index in [1.54, 1.807) is 0 Å². The summed E-state index contributed by atoms with van der Waals surface area (Å²) in [5, 5.41) is 0. The van der Waals surface area contributed by atoms with Crippen molar-refractivity contribution in [1.82, 2.24) is 0 Å². The van der Waals surface area contributed by atoms with Gasteiger partial charge in [-0.25, -0.2) is 0 Å². The van der Waals surface area contributed by atoms with Crippen LogP contribution in [0.25, 0.3) is 0 Å². The Morgan fingerprint density at radius 1 is 0.969 bits per heavy atom. The van der Waals surface area contributed by atoms with Gasteiger partial charge in [-0.05, 0) is 102 Å². The largest absolute Gasteiger partial charge is 0.462 e. The third-order valence-corrected chi connectivity index (χ3v) is 7.37. The summed E-state index contributed by atoms with van der Waals surface area (Å²) < 4.78 is 11.3. The number of carbonyl (C=O) groups excluding carboxylic acids is 2. The topological polar surface area (TPSA) is 52.6 Å². The second-order valence-electron chi connectivity index (χ2n) is 10.2. The van der Waals surface area contributed by atoms with E-state index >= 15 is 0 Å². The van der Waals surface area contributed by atoms with Crippen molar-refractivity contribution in [3.05, 3.63) is 34.9 Å². The highest BCUT2D eigenvalue weighted by atomic mass is 16.5. The molecule has 0 unspecified atom stereocenters. The SMILES string of the molecule is Cc1ccc(C)c(C2CCC(C[C@@H](C)OCC(=O)CCC(=O)OC3CCCCC3)CC2)c1. The van der Waals surface area contributed by atoms with E-state index in [2.05, 4.69) is 39.0 Å². The zero-order chi connectivity index (χ0) is 22.9. The molecule has 0 aliphatic heterocycles. The molecule has 3 rings (SSSR count). The number of rotatable bonds is 10. The van der Waals surface area contributed by atoms with Gasteiger partial charge in [-0.2, -0.15) is 0 Å². The number of ketones is 1. The summed E-state index contributed by atoms with van der Waals surface area (Å²) in [5.41, 5.74) is 4.29. The molecule has 0 N–H and O–H groups in total. The molecule has 1 atom stereocenters. The number of aryl methyl sites for hydroxylation is 2. The van der Waals surface area contributed by atoms with E-state index in [0.29, 0.717) is 11.8 Å². The second kappa shape index (κ2) is 12.5. The number of Topliss-reactive ketones (excluding diaryl/α,β-unsaturated/α-hetero) is 1. The molecule has 0 amide bonds. The van der Waals surface area contributed by atoms with Gasteiger partial charge >= 0.3 is 5.97 Å². The Hall–Kier alpha value is -1.68. The molecule has 0 heterocycles. The maximum absolute atomic E-state index is 12.2. The predicted molar refractivity (Wildman–Crippen MR) is 128 cm³/mol. The maximum Gasteiger partial charge on any atom is 0.306 e. The van der Waals surface area contributed by atoms with Crippen molar-refractivity contribution >= 4 is 11.8 Å². The molecule has 0 spiro atoms. The summed E-state index contributed by atoms with van der Waals surface area (Å²) in [6.45, 7) is 6.58. The first kappa shape index (κ1) is 25.0. The summed E-state index contributed by atoms with van der Waals surface area (Å²) in [4.78, 5) is 24.1. The summed E-state index contributed by atoms with van der Waals surface area (Å²) >= 11 is 0. The Kier molecular flexibility index (Phi) is 9.77. The molecular formula is C28H42O4. The van der Waals surface area contributed by atoms with Crippen molar-refractivity contribution in [3.63, 3.8) is 0 Å². The van der Waals surface area contributed by atoms with Crippen molar-refractivity contribution in [2.24, 2.45) is 5.92 Å². The van der Waals surface area contributed by atoms with Crippen LogP contribution in [0.2, 0.25) is 0 Å². The van der Waals surface area contributed by atoms with E-state index in [0.717, 1.165) is 32.1 Å². The Balaban J connectivity index is 1.29. The van der Waals surface area contributed by atoms with Crippen LogP contribution in [0.5, 0.6) is 0 Å². The van der Waals surface area contributed by atoms with E-state index in [4.69, 9.17) is 9.47 Å². The molecule has 2 aliphatic carbocycles. The van der Waals surface area contributed by atoms with E-state index in [9.17, 15) is 9.59 Å². The Bertz CT molecular complexity index is 742. The average Bonchev–Trinajstić information content (AvgIpc) is 2.79. The first-order valence-electron chi connectivity index (χ1n) is 12.8. The number of ether oxygens (including phenoxy) is 2. The third-order valence-electron chi connectivity index (χ3n) is 7.37. The first-order valence-corrected chi connectivity index (χ1v) is 12.8. The highest BCUT2D eigenvalue weighted by Crippen LogP contribution is 2.39. The molecule has 0 radical (unpaired) electrons. The van der Waals surface area contributed by atoms with Crippen molar-refractivity contribution in [2.75, 3.05) is 6.61 Å². The number of hydrogen-bond acceptors (Lipinski definition) is 4. The number of benzene rings is 1. The molecule has 1 aromatic carbocycles. The normalized spacial score (nSPS) is 23.0. The molecule has 32 heavy (non-hydrogen) atoms. The van der Waals surface area contributed by atoms with Gasteiger partial charge in [0.05, 0.1) is 12.5 Å². The maximum atomic E-state index is 12.2. The van der Waals surface area contributed by atoms with Gasteiger partial charge < -0.3 is 9.47 Å². The van der Waals surface area contributed by atoms with Crippen molar-refractivity contribution < 1.29 is 19.1 Å². The standard InChI is InChI=1S/C28H42O4/c1-20-9-10-21(2)27(17-20)24-13-11-23(12-14-24)18-22(3)31-19-25(29)15-16-28(30)32-26-7-5-4-6-8-26/h9-10,17,22-24,26H,4-8,11-16,18-19H2,1-3H3/t22-,23?,24?/m1/s1. The zero-order valence-electron chi connectivity index (χ0n) is 20.4. The van der Waals surface area contributed by atoms with Crippen LogP contribution in [0.1, 0.15) is 107 Å². The van der Waals surface area contributed by atoms with Crippen LogP contribution < -0.4 is 0 Å². The molecule has 2 aliphatic rings. The van der Waals surface area contributed by atoms with Crippen LogP contribution >= 0.6 is 0 Å². The smallest absolute Gasteiger partial charge is 0.306 e. The van der Waals surface area contributed by atoms with Gasteiger partial charge in [0.25, 0.3) is 0 Å². The first-order chi connectivity index (χ1) is 15.4. The lowest BCUT2D eigenvalue weighted by molar-refractivity contribution is -0.151. The predicted octanol–water partition coefficient (Wildman–Crippen LogP) is 6.60. The van der Waals surface area contributed by atoms with Gasteiger partial charge in [0.2, 0.25) is 0 Å². The van der Waals surface area contributed by atoms with Crippen LogP contribution in [0.15, 0.2) is 18.2 Å². The van der Waals surface area contributed by atoms with Crippen LogP contribution in [-0.4, -0.2) is 30.6 Å². The van der Waals surface area contributed by atoms with E-state index < -0.39 is 0 Å². The van der Waals surface area contributed by atoms with Gasteiger partial charge in [-0.15, -0.1) is 0 Å². The second-order valence-corrected chi connectivity index (χ2v) is 10.2. The fourth-order valence-electron chi connectivity index (χ4n) is 5.42. The molecule has 178 valence electrons. The average molecular weight is 443 g/mol. The lowest BCUT2D eigenvalue weighted by atomic mass is 9.76. The minimum Gasteiger partial charge on any atom is -0.462 e. The van der Waals surface area contributed by atoms with Crippen molar-refractivity contribution in [1.29, 1.82) is 0 Å². The van der Waals surface area contributed by atoms with Gasteiger partial charge in [-0.3, -0.25) is 9.59 Å². The van der Waals surface area contributed by atoms with Gasteiger partial charge in [-0.1, -0.05) is 30.2 Å². The minimum atomic E-state index is -0.237. The lowest BCUT2D eigenvalue weighted by Gasteiger charge is -2.31. The molecular weight excluding hydrogens is 400 g/mol. The molecule has 2 saturated carbocycles. The molecule has 4 nitrogen and oxygen atoms in total. The number of esters is 1. The summed E-state index contributed by atoms with van der Waals surface area (Å²) in [7, 11) is 0. The quantitative estimate of drug-likeness (QED) is 0.383. The molecule has 0 aromatic heterocycles. The van der Waals surface area contributed by atoms with Gasteiger partial charge in [0.15, 0.2) is 5.78 Å². The molecule has 0 bridgehead atoms. The Labute approximate surface area is 194 Å². The molecule has 4 heteroatoms. The minimum absolute atomic E-state index is 0.00363. The molecule has 2 fully saturated rings. The van der Waals surface area contributed by atoms with Crippen LogP contribution in [0.4, 0.5) is 0 Å². The highest BCUT2D eigenvalue weighted by Gasteiger charge is 2.25. The van der Waals surface area contributed by atoms with Crippen molar-refractivity contribution in [3.8, 4) is 0 Å². The molecule has 0 saturated heterocycles. The van der Waals surface area contributed by atoms with Crippen LogP contribution in [0, 0.1) is 19.8 Å². The van der Waals surface area contributed by atoms with Crippen molar-refractivity contribution in [2.45, 2.75) is 116 Å². The Morgan fingerprint density at radius 2 is 1.69 bits per heavy atom. The van der Waals surface area contributed by atoms with Crippen LogP contribution in [0.3, 0.4) is 0 Å². The monoisotopic (exact) mass is 442 g/mol. The highest BCUT2D eigenvalue weighted by molar-refractivity contribution is 5.83. The summed E-state index contributed by atoms with van der Waals surface area (Å²) in [5.74, 6) is 1.11. The fraction of sp³-hybridized carbons (Fsp3) is 0.714. The van der Waals surface area contributed by atoms with E-state index in [1.807, 2.05) is 0 Å². The number of carbonyl (C=O) groups is 2. The van der Waals surface area contributed by atoms with E-state index in [-0.39, 0.29) is 43.4 Å². The van der Waals surface area contributed by atoms with Gasteiger partial charge in [0, 0.05) is 6.42 Å². The Morgan fingerprint density at radius 3 is 2.41 bits per heavy atom.